The molecule has 0 saturated heterocycles. The van der Waals surface area contributed by atoms with Gasteiger partial charge in [-0.1, -0.05) is 12.1 Å². The third-order valence-corrected chi connectivity index (χ3v) is 4.04. The van der Waals surface area contributed by atoms with Crippen molar-refractivity contribution in [2.24, 2.45) is 0 Å². The van der Waals surface area contributed by atoms with Gasteiger partial charge in [0.2, 0.25) is 6.79 Å². The Hall–Kier alpha value is -2.21. The van der Waals surface area contributed by atoms with E-state index in [0.29, 0.717) is 6.54 Å². The number of anilines is 1. The molecule has 0 spiro atoms. The molecule has 106 valence electrons. The number of nitrogens with zero attached hydrogens (tertiary/aromatic N) is 1. The summed E-state index contributed by atoms with van der Waals surface area (Å²) in [6.07, 6.45) is 1.82. The third kappa shape index (κ3) is 2.21. The number of aromatic amines is 1. The summed E-state index contributed by atoms with van der Waals surface area (Å²) >= 11 is 3.51. The molecule has 0 saturated carbocycles. The van der Waals surface area contributed by atoms with Crippen LogP contribution in [0.25, 0.3) is 10.9 Å². The first kappa shape index (κ1) is 12.5. The summed E-state index contributed by atoms with van der Waals surface area (Å²) in [7, 11) is 0. The van der Waals surface area contributed by atoms with E-state index in [0.717, 1.165) is 38.1 Å². The minimum absolute atomic E-state index is 0.276. The van der Waals surface area contributed by atoms with Crippen molar-refractivity contribution in [2.75, 3.05) is 12.1 Å². The van der Waals surface area contributed by atoms with Crippen molar-refractivity contribution in [1.82, 2.24) is 10.2 Å². The predicted molar refractivity (Wildman–Crippen MR) is 83.7 cm³/mol. The largest absolute Gasteiger partial charge is 0.454 e. The molecule has 2 aromatic carbocycles. The molecule has 0 amide bonds. The maximum Gasteiger partial charge on any atom is 0.231 e. The number of benzene rings is 2. The van der Waals surface area contributed by atoms with E-state index in [1.807, 2.05) is 36.5 Å². The van der Waals surface area contributed by atoms with E-state index in [1.165, 1.54) is 0 Å². The maximum absolute atomic E-state index is 5.43. The number of ether oxygens (including phenoxy) is 2. The molecule has 6 heteroatoms. The monoisotopic (exact) mass is 345 g/mol. The fourth-order valence-corrected chi connectivity index (χ4v) is 3.04. The summed E-state index contributed by atoms with van der Waals surface area (Å²) in [4.78, 5) is 0. The normalized spacial score (nSPS) is 12.8. The van der Waals surface area contributed by atoms with E-state index in [1.54, 1.807) is 0 Å². The molecule has 1 aliphatic rings. The molecular weight excluding hydrogens is 334 g/mol. The summed E-state index contributed by atoms with van der Waals surface area (Å²) < 4.78 is 11.7. The summed E-state index contributed by atoms with van der Waals surface area (Å²) in [5.74, 6) is 1.55. The maximum atomic E-state index is 5.43. The van der Waals surface area contributed by atoms with Gasteiger partial charge in [-0.3, -0.25) is 5.10 Å². The van der Waals surface area contributed by atoms with Crippen LogP contribution in [0.3, 0.4) is 0 Å². The number of para-hydroxylation sites is 1. The highest BCUT2D eigenvalue weighted by atomic mass is 79.9. The van der Waals surface area contributed by atoms with Crippen molar-refractivity contribution in [1.29, 1.82) is 0 Å². The zero-order chi connectivity index (χ0) is 14.2. The topological polar surface area (TPSA) is 59.2 Å². The second-order valence-corrected chi connectivity index (χ2v) is 5.66. The van der Waals surface area contributed by atoms with E-state index in [2.05, 4.69) is 31.4 Å². The van der Waals surface area contributed by atoms with Crippen LogP contribution in [0.15, 0.2) is 41.0 Å². The van der Waals surface area contributed by atoms with Crippen LogP contribution in [0.1, 0.15) is 5.56 Å². The van der Waals surface area contributed by atoms with E-state index in [-0.39, 0.29) is 6.79 Å². The second-order valence-electron chi connectivity index (χ2n) is 4.80. The molecule has 0 unspecified atom stereocenters. The molecule has 0 atom stereocenters. The van der Waals surface area contributed by atoms with E-state index < -0.39 is 0 Å². The summed E-state index contributed by atoms with van der Waals surface area (Å²) in [6.45, 7) is 0.964. The molecule has 1 aliphatic heterocycles. The van der Waals surface area contributed by atoms with Crippen molar-refractivity contribution in [3.8, 4) is 11.5 Å². The molecule has 4 rings (SSSR count). The fraction of sp³-hybridized carbons (Fsp3) is 0.133. The quantitative estimate of drug-likeness (QED) is 0.760. The van der Waals surface area contributed by atoms with Crippen LogP contribution in [0.2, 0.25) is 0 Å². The Morgan fingerprint density at radius 1 is 1.29 bits per heavy atom. The number of nitrogens with one attached hydrogen (secondary N) is 2. The Morgan fingerprint density at radius 3 is 3.19 bits per heavy atom. The Bertz CT molecular complexity index is 816. The van der Waals surface area contributed by atoms with Gasteiger partial charge in [0, 0.05) is 11.9 Å². The number of aromatic nitrogens is 2. The lowest BCUT2D eigenvalue weighted by Crippen LogP contribution is -2.00. The van der Waals surface area contributed by atoms with Crippen LogP contribution in [0.4, 0.5) is 5.69 Å². The van der Waals surface area contributed by atoms with Crippen molar-refractivity contribution >= 4 is 32.5 Å². The molecule has 1 aromatic heterocycles. The molecule has 21 heavy (non-hydrogen) atoms. The molecule has 2 N–H and O–H groups in total. The third-order valence-electron chi connectivity index (χ3n) is 3.45. The highest BCUT2D eigenvalue weighted by Gasteiger charge is 2.17. The number of H-pyrrole nitrogens is 1. The van der Waals surface area contributed by atoms with Crippen LogP contribution < -0.4 is 14.8 Å². The van der Waals surface area contributed by atoms with Crippen LogP contribution >= 0.6 is 15.9 Å². The average Bonchev–Trinajstić information content (AvgIpc) is 3.13. The smallest absolute Gasteiger partial charge is 0.231 e. The zero-order valence-corrected chi connectivity index (χ0v) is 12.6. The average molecular weight is 346 g/mol. The van der Waals surface area contributed by atoms with Gasteiger partial charge in [0.15, 0.2) is 11.5 Å². The highest BCUT2D eigenvalue weighted by Crippen LogP contribution is 2.40. The molecule has 0 aliphatic carbocycles. The van der Waals surface area contributed by atoms with Crippen LogP contribution in [0.5, 0.6) is 11.5 Å². The van der Waals surface area contributed by atoms with Gasteiger partial charge in [-0.15, -0.1) is 0 Å². The molecule has 0 radical (unpaired) electrons. The standard InChI is InChI=1S/C15H12BrN3O2/c16-11-4-9(5-13-15(11)21-8-20-13)6-17-12-3-1-2-10-7-18-19-14(10)12/h1-5,7,17H,6,8H2,(H,18,19). The van der Waals surface area contributed by atoms with Gasteiger partial charge in [-0.05, 0) is 39.7 Å². The van der Waals surface area contributed by atoms with Gasteiger partial charge in [0.25, 0.3) is 0 Å². The fourth-order valence-electron chi connectivity index (χ4n) is 2.44. The summed E-state index contributed by atoms with van der Waals surface area (Å²) in [5, 5.41) is 11.6. The first-order chi connectivity index (χ1) is 10.3. The lowest BCUT2D eigenvalue weighted by Gasteiger charge is -2.09. The van der Waals surface area contributed by atoms with Crippen LogP contribution in [-0.4, -0.2) is 17.0 Å². The summed E-state index contributed by atoms with van der Waals surface area (Å²) in [5.41, 5.74) is 3.15. The minimum atomic E-state index is 0.276. The first-order valence-electron chi connectivity index (χ1n) is 6.55. The molecule has 3 aromatic rings. The minimum Gasteiger partial charge on any atom is -0.454 e. The molecular formula is C15H12BrN3O2. The van der Waals surface area contributed by atoms with Crippen molar-refractivity contribution in [3.63, 3.8) is 0 Å². The number of hydrogen-bond acceptors (Lipinski definition) is 4. The van der Waals surface area contributed by atoms with Crippen molar-refractivity contribution in [3.05, 3.63) is 46.6 Å². The van der Waals surface area contributed by atoms with Gasteiger partial charge in [0.1, 0.15) is 0 Å². The van der Waals surface area contributed by atoms with E-state index in [9.17, 15) is 0 Å². The lowest BCUT2D eigenvalue weighted by molar-refractivity contribution is 0.173. The van der Waals surface area contributed by atoms with Gasteiger partial charge < -0.3 is 14.8 Å². The zero-order valence-electron chi connectivity index (χ0n) is 11.0. The lowest BCUT2D eigenvalue weighted by atomic mass is 10.2. The molecule has 0 bridgehead atoms. The second kappa shape index (κ2) is 4.96. The Morgan fingerprint density at radius 2 is 2.24 bits per heavy atom. The SMILES string of the molecule is Brc1cc(CNc2cccc3cn[nH]c23)cc2c1OCO2. The van der Waals surface area contributed by atoms with Crippen LogP contribution in [-0.2, 0) is 6.54 Å². The van der Waals surface area contributed by atoms with Gasteiger partial charge in [-0.25, -0.2) is 0 Å². The number of halogens is 1. The predicted octanol–water partition coefficient (Wildman–Crippen LogP) is 3.67. The molecule has 5 nitrogen and oxygen atoms in total. The highest BCUT2D eigenvalue weighted by molar-refractivity contribution is 9.10. The number of hydrogen-bond donors (Lipinski definition) is 2. The Kier molecular flexibility index (Phi) is 2.96. The Labute approximate surface area is 129 Å². The number of rotatable bonds is 3. The molecule has 2 heterocycles. The van der Waals surface area contributed by atoms with E-state index >= 15 is 0 Å². The number of fused-ring (bicyclic) bond motifs is 2. The molecule has 0 fully saturated rings. The van der Waals surface area contributed by atoms with Gasteiger partial charge in [-0.2, -0.15) is 5.10 Å². The van der Waals surface area contributed by atoms with Crippen molar-refractivity contribution < 1.29 is 9.47 Å². The van der Waals surface area contributed by atoms with Crippen molar-refractivity contribution in [2.45, 2.75) is 6.54 Å². The van der Waals surface area contributed by atoms with E-state index in [4.69, 9.17) is 9.47 Å². The van der Waals surface area contributed by atoms with Crippen LogP contribution in [0, 0.1) is 0 Å². The van der Waals surface area contributed by atoms with Gasteiger partial charge in [0.05, 0.1) is 21.9 Å². The summed E-state index contributed by atoms with van der Waals surface area (Å²) in [6, 6.07) is 10.1. The Balaban J connectivity index is 1.60. The first-order valence-corrected chi connectivity index (χ1v) is 7.34. The van der Waals surface area contributed by atoms with Gasteiger partial charge >= 0.3 is 0 Å².